The van der Waals surface area contributed by atoms with Crippen LogP contribution < -0.4 is 5.32 Å². The maximum Gasteiger partial charge on any atom is 0.208 e. The molecule has 18 heavy (non-hydrogen) atoms. The van der Waals surface area contributed by atoms with Crippen molar-refractivity contribution in [2.45, 2.75) is 38.8 Å². The highest BCUT2D eigenvalue weighted by molar-refractivity contribution is 4.93. The van der Waals surface area contributed by atoms with E-state index in [1.54, 1.807) is 6.20 Å². The smallest absolute Gasteiger partial charge is 0.208 e. The fourth-order valence-electron chi connectivity index (χ4n) is 2.27. The molecule has 0 amide bonds. The number of hydrogen-bond donors (Lipinski definition) is 2. The maximum absolute atomic E-state index is 9.88. The molecule has 1 saturated heterocycles. The summed E-state index contributed by atoms with van der Waals surface area (Å²) in [7, 11) is 0. The number of hydrogen-bond acceptors (Lipinski definition) is 5. The highest BCUT2D eigenvalue weighted by Gasteiger charge is 2.15. The standard InChI is InChI=1S/C13H23N3O2/c1-2-12-8-15-13(18-12)9-14-7-11(17)10-16-5-3-4-6-16/h8,11,14,17H,2-7,9-10H2,1H3. The van der Waals surface area contributed by atoms with E-state index in [0.717, 1.165) is 31.8 Å². The lowest BCUT2D eigenvalue weighted by Crippen LogP contribution is -2.36. The van der Waals surface area contributed by atoms with Gasteiger partial charge in [0.25, 0.3) is 0 Å². The molecule has 0 aromatic carbocycles. The van der Waals surface area contributed by atoms with E-state index in [1.165, 1.54) is 12.8 Å². The molecule has 0 bridgehead atoms. The van der Waals surface area contributed by atoms with Crippen molar-refractivity contribution in [3.8, 4) is 0 Å². The first-order chi connectivity index (χ1) is 8.78. The average molecular weight is 253 g/mol. The van der Waals surface area contributed by atoms with Crippen molar-refractivity contribution in [2.75, 3.05) is 26.2 Å². The Hall–Kier alpha value is -0.910. The maximum atomic E-state index is 9.88. The molecule has 1 aromatic heterocycles. The Labute approximate surface area is 108 Å². The topological polar surface area (TPSA) is 61.5 Å². The largest absolute Gasteiger partial charge is 0.444 e. The molecule has 1 unspecified atom stereocenters. The Bertz CT molecular complexity index is 348. The lowest BCUT2D eigenvalue weighted by Gasteiger charge is -2.19. The van der Waals surface area contributed by atoms with Crippen molar-refractivity contribution in [3.05, 3.63) is 17.8 Å². The Kier molecular flexibility index (Phi) is 5.16. The van der Waals surface area contributed by atoms with Crippen LogP contribution in [0.15, 0.2) is 10.6 Å². The lowest BCUT2D eigenvalue weighted by atomic mass is 10.3. The van der Waals surface area contributed by atoms with E-state index in [4.69, 9.17) is 4.42 Å². The summed E-state index contributed by atoms with van der Waals surface area (Å²) in [5.41, 5.74) is 0. The molecular formula is C13H23N3O2. The second-order valence-electron chi connectivity index (χ2n) is 4.87. The Morgan fingerprint density at radius 3 is 2.94 bits per heavy atom. The van der Waals surface area contributed by atoms with E-state index in [9.17, 15) is 5.11 Å². The van der Waals surface area contributed by atoms with Crippen molar-refractivity contribution < 1.29 is 9.52 Å². The molecule has 0 aliphatic carbocycles. The van der Waals surface area contributed by atoms with E-state index in [0.29, 0.717) is 19.0 Å². The first-order valence-corrected chi connectivity index (χ1v) is 6.82. The quantitative estimate of drug-likeness (QED) is 0.752. The zero-order valence-electron chi connectivity index (χ0n) is 11.1. The van der Waals surface area contributed by atoms with Crippen LogP contribution in [0.2, 0.25) is 0 Å². The normalized spacial score (nSPS) is 18.3. The average Bonchev–Trinajstić information content (AvgIpc) is 3.00. The van der Waals surface area contributed by atoms with E-state index >= 15 is 0 Å². The predicted octanol–water partition coefficient (Wildman–Crippen LogP) is 0.783. The molecule has 5 heteroatoms. The number of nitrogens with one attached hydrogen (secondary N) is 1. The fraction of sp³-hybridized carbons (Fsp3) is 0.769. The molecule has 1 aliphatic rings. The van der Waals surface area contributed by atoms with Gasteiger partial charge in [0.15, 0.2) is 0 Å². The molecule has 1 atom stereocenters. The highest BCUT2D eigenvalue weighted by Crippen LogP contribution is 2.07. The zero-order chi connectivity index (χ0) is 12.8. The van der Waals surface area contributed by atoms with Crippen molar-refractivity contribution in [3.63, 3.8) is 0 Å². The van der Waals surface area contributed by atoms with Crippen LogP contribution in [0.1, 0.15) is 31.4 Å². The number of β-amino-alcohol motifs (C(OH)–C–C–N with tert-alkyl or cyclic N) is 1. The van der Waals surface area contributed by atoms with Gasteiger partial charge in [-0.25, -0.2) is 4.98 Å². The Balaban J connectivity index is 1.61. The van der Waals surface area contributed by atoms with Crippen molar-refractivity contribution in [1.82, 2.24) is 15.2 Å². The van der Waals surface area contributed by atoms with Gasteiger partial charge in [0.1, 0.15) is 5.76 Å². The van der Waals surface area contributed by atoms with Crippen LogP contribution in [0.5, 0.6) is 0 Å². The van der Waals surface area contributed by atoms with Gasteiger partial charge < -0.3 is 19.7 Å². The summed E-state index contributed by atoms with van der Waals surface area (Å²) in [5, 5.41) is 13.1. The van der Waals surface area contributed by atoms with E-state index < -0.39 is 0 Å². The molecule has 0 radical (unpaired) electrons. The third-order valence-electron chi connectivity index (χ3n) is 3.27. The fourth-order valence-corrected chi connectivity index (χ4v) is 2.27. The number of rotatable bonds is 7. The van der Waals surface area contributed by atoms with Crippen molar-refractivity contribution in [1.29, 1.82) is 0 Å². The van der Waals surface area contributed by atoms with Gasteiger partial charge in [0.2, 0.25) is 5.89 Å². The van der Waals surface area contributed by atoms with Crippen LogP contribution in [0.25, 0.3) is 0 Å². The van der Waals surface area contributed by atoms with Gasteiger partial charge in [0.05, 0.1) is 18.8 Å². The van der Waals surface area contributed by atoms with Crippen LogP contribution in [0, 0.1) is 0 Å². The van der Waals surface area contributed by atoms with E-state index in [-0.39, 0.29) is 6.10 Å². The first kappa shape index (κ1) is 13.5. The van der Waals surface area contributed by atoms with Crippen LogP contribution in [-0.4, -0.2) is 47.3 Å². The lowest BCUT2D eigenvalue weighted by molar-refractivity contribution is 0.122. The molecule has 1 aliphatic heterocycles. The summed E-state index contributed by atoms with van der Waals surface area (Å²) in [4.78, 5) is 6.48. The van der Waals surface area contributed by atoms with Crippen LogP contribution in [0.4, 0.5) is 0 Å². The summed E-state index contributed by atoms with van der Waals surface area (Å²) < 4.78 is 5.48. The monoisotopic (exact) mass is 253 g/mol. The van der Waals surface area contributed by atoms with Gasteiger partial charge >= 0.3 is 0 Å². The van der Waals surface area contributed by atoms with Gasteiger partial charge in [-0.1, -0.05) is 6.92 Å². The number of likely N-dealkylation sites (tertiary alicyclic amines) is 1. The summed E-state index contributed by atoms with van der Waals surface area (Å²) >= 11 is 0. The van der Waals surface area contributed by atoms with Crippen LogP contribution >= 0.6 is 0 Å². The predicted molar refractivity (Wildman–Crippen MR) is 69.3 cm³/mol. The van der Waals surface area contributed by atoms with Crippen molar-refractivity contribution >= 4 is 0 Å². The van der Waals surface area contributed by atoms with Gasteiger partial charge in [-0.15, -0.1) is 0 Å². The minimum absolute atomic E-state index is 0.316. The highest BCUT2D eigenvalue weighted by atomic mass is 16.4. The molecule has 5 nitrogen and oxygen atoms in total. The molecule has 0 saturated carbocycles. The SMILES string of the molecule is CCc1cnc(CNCC(O)CN2CCCC2)o1. The van der Waals surface area contributed by atoms with Gasteiger partial charge in [-0.05, 0) is 25.9 Å². The first-order valence-electron chi connectivity index (χ1n) is 6.82. The number of aliphatic hydroxyl groups excluding tert-OH is 1. The molecular weight excluding hydrogens is 230 g/mol. The van der Waals surface area contributed by atoms with Gasteiger partial charge in [-0.2, -0.15) is 0 Å². The second-order valence-corrected chi connectivity index (χ2v) is 4.87. The van der Waals surface area contributed by atoms with Gasteiger partial charge in [0, 0.05) is 19.5 Å². The minimum atomic E-state index is -0.316. The van der Waals surface area contributed by atoms with Crippen molar-refractivity contribution in [2.24, 2.45) is 0 Å². The summed E-state index contributed by atoms with van der Waals surface area (Å²) in [6.07, 6.45) is 4.83. The number of oxazole rings is 1. The summed E-state index contributed by atoms with van der Waals surface area (Å²) in [6.45, 7) is 6.21. The number of nitrogens with zero attached hydrogens (tertiary/aromatic N) is 2. The molecule has 1 aromatic rings. The Morgan fingerprint density at radius 1 is 1.50 bits per heavy atom. The van der Waals surface area contributed by atoms with Crippen LogP contribution in [0.3, 0.4) is 0 Å². The number of aryl methyl sites for hydroxylation is 1. The Morgan fingerprint density at radius 2 is 2.28 bits per heavy atom. The third kappa shape index (κ3) is 4.08. The molecule has 0 spiro atoms. The number of aliphatic hydroxyl groups is 1. The minimum Gasteiger partial charge on any atom is -0.444 e. The molecule has 2 heterocycles. The summed E-state index contributed by atoms with van der Waals surface area (Å²) in [6, 6.07) is 0. The molecule has 1 fully saturated rings. The summed E-state index contributed by atoms with van der Waals surface area (Å²) in [5.74, 6) is 1.60. The third-order valence-corrected chi connectivity index (χ3v) is 3.27. The molecule has 102 valence electrons. The molecule has 2 N–H and O–H groups in total. The molecule has 2 rings (SSSR count). The van der Waals surface area contributed by atoms with E-state index in [2.05, 4.69) is 15.2 Å². The number of aromatic nitrogens is 1. The van der Waals surface area contributed by atoms with Gasteiger partial charge in [-0.3, -0.25) is 0 Å². The second kappa shape index (κ2) is 6.87. The van der Waals surface area contributed by atoms with Crippen LogP contribution in [-0.2, 0) is 13.0 Å². The van der Waals surface area contributed by atoms with E-state index in [1.807, 2.05) is 6.92 Å². The zero-order valence-corrected chi connectivity index (χ0v) is 11.1.